The van der Waals surface area contributed by atoms with Crippen LogP contribution >= 0.6 is 0 Å². The van der Waals surface area contributed by atoms with Gasteiger partial charge in [-0.15, -0.1) is 0 Å². The monoisotopic (exact) mass is 362 g/mol. The van der Waals surface area contributed by atoms with E-state index in [1.54, 1.807) is 24.3 Å². The smallest absolute Gasteiger partial charge is 0.322 e. The van der Waals surface area contributed by atoms with Gasteiger partial charge in [-0.1, -0.05) is 24.3 Å². The summed E-state index contributed by atoms with van der Waals surface area (Å²) >= 11 is 0. The molecule has 1 aliphatic rings. The molecule has 8 nitrogen and oxygen atoms in total. The second-order valence-electron chi connectivity index (χ2n) is 5.63. The number of carboxylic acid groups (broad SMARTS) is 1. The molecule has 1 N–H and O–H groups in total. The lowest BCUT2D eigenvalue weighted by atomic mass is 9.96. The van der Waals surface area contributed by atoms with Crippen molar-refractivity contribution in [1.29, 1.82) is 0 Å². The molecule has 1 heterocycles. The van der Waals surface area contributed by atoms with E-state index in [9.17, 15) is 28.4 Å². The van der Waals surface area contributed by atoms with Crippen LogP contribution in [0.3, 0.4) is 0 Å². The molecule has 0 aromatic heterocycles. The van der Waals surface area contributed by atoms with Crippen LogP contribution in [0.4, 0.5) is 5.69 Å². The molecular weight excluding hydrogens is 348 g/mol. The van der Waals surface area contributed by atoms with Crippen LogP contribution in [-0.2, 0) is 27.8 Å². The lowest BCUT2D eigenvalue weighted by molar-refractivity contribution is -0.384. The Hall–Kier alpha value is -2.78. The second kappa shape index (κ2) is 6.26. The van der Waals surface area contributed by atoms with Crippen molar-refractivity contribution in [3.05, 3.63) is 69.8 Å². The molecule has 3 rings (SSSR count). The summed E-state index contributed by atoms with van der Waals surface area (Å²) in [6, 6.07) is 10.2. The van der Waals surface area contributed by atoms with E-state index >= 15 is 0 Å². The number of nitrogens with zero attached hydrogens (tertiary/aromatic N) is 2. The number of non-ortho nitro benzene ring substituents is 1. The van der Waals surface area contributed by atoms with Crippen molar-refractivity contribution < 1.29 is 23.2 Å². The molecule has 1 atom stereocenters. The Morgan fingerprint density at radius 3 is 2.28 bits per heavy atom. The highest BCUT2D eigenvalue weighted by atomic mass is 32.2. The molecule has 0 radical (unpaired) electrons. The topological polar surface area (TPSA) is 118 Å². The third-order valence-corrected chi connectivity index (χ3v) is 6.01. The van der Waals surface area contributed by atoms with Gasteiger partial charge >= 0.3 is 5.97 Å². The average Bonchev–Trinajstić information content (AvgIpc) is 2.60. The maximum absolute atomic E-state index is 12.9. The SMILES string of the molecule is O=C(O)[C@@H]1Cc2ccccc2CN1S(=O)(=O)c1ccc([N+](=O)[O-])cc1. The van der Waals surface area contributed by atoms with Gasteiger partial charge in [0.05, 0.1) is 9.82 Å². The van der Waals surface area contributed by atoms with E-state index in [4.69, 9.17) is 0 Å². The van der Waals surface area contributed by atoms with E-state index < -0.39 is 27.0 Å². The summed E-state index contributed by atoms with van der Waals surface area (Å²) in [4.78, 5) is 21.5. The molecule has 9 heteroatoms. The Bertz CT molecular complexity index is 939. The maximum Gasteiger partial charge on any atom is 0.322 e. The van der Waals surface area contributed by atoms with Crippen LogP contribution in [0.1, 0.15) is 11.1 Å². The van der Waals surface area contributed by atoms with Crippen LogP contribution in [0, 0.1) is 10.1 Å². The number of nitro benzene ring substituents is 1. The van der Waals surface area contributed by atoms with E-state index in [-0.39, 0.29) is 23.5 Å². The molecule has 130 valence electrons. The summed E-state index contributed by atoms with van der Waals surface area (Å²) in [5.74, 6) is -1.24. The number of benzene rings is 2. The van der Waals surface area contributed by atoms with Gasteiger partial charge in [-0.25, -0.2) is 8.42 Å². The first-order valence-corrected chi connectivity index (χ1v) is 8.80. The van der Waals surface area contributed by atoms with Crippen molar-refractivity contribution in [3.8, 4) is 0 Å². The molecular formula is C16H14N2O6S. The number of carboxylic acids is 1. The third kappa shape index (κ3) is 3.11. The zero-order valence-corrected chi connectivity index (χ0v) is 13.7. The summed E-state index contributed by atoms with van der Waals surface area (Å²) < 4.78 is 26.7. The van der Waals surface area contributed by atoms with E-state index in [0.717, 1.165) is 39.7 Å². The largest absolute Gasteiger partial charge is 0.480 e. The van der Waals surface area contributed by atoms with Crippen LogP contribution in [0.5, 0.6) is 0 Å². The van der Waals surface area contributed by atoms with Crippen LogP contribution in [0.25, 0.3) is 0 Å². The van der Waals surface area contributed by atoms with Gasteiger partial charge in [0.25, 0.3) is 5.69 Å². The molecule has 0 saturated carbocycles. The Morgan fingerprint density at radius 1 is 1.12 bits per heavy atom. The number of fused-ring (bicyclic) bond motifs is 1. The van der Waals surface area contributed by atoms with Crippen molar-refractivity contribution in [2.45, 2.75) is 23.9 Å². The average molecular weight is 362 g/mol. The van der Waals surface area contributed by atoms with E-state index in [1.807, 2.05) is 0 Å². The van der Waals surface area contributed by atoms with E-state index in [0.29, 0.717) is 0 Å². The standard InChI is InChI=1S/C16H14N2O6S/c19-16(20)15-9-11-3-1-2-4-12(11)10-17(15)25(23,24)14-7-5-13(6-8-14)18(21)22/h1-8,15H,9-10H2,(H,19,20)/t15-/m0/s1. The fourth-order valence-electron chi connectivity index (χ4n) is 2.84. The number of hydrogen-bond donors (Lipinski definition) is 1. The van der Waals surface area contributed by atoms with Crippen LogP contribution in [0.15, 0.2) is 53.4 Å². The van der Waals surface area contributed by atoms with Crippen molar-refractivity contribution in [2.75, 3.05) is 0 Å². The summed E-state index contributed by atoms with van der Waals surface area (Å²) in [6.45, 7) is -0.0630. The summed E-state index contributed by atoms with van der Waals surface area (Å²) in [6.07, 6.45) is 0.0672. The first kappa shape index (κ1) is 17.1. The van der Waals surface area contributed by atoms with E-state index in [2.05, 4.69) is 0 Å². The van der Waals surface area contributed by atoms with Crippen LogP contribution < -0.4 is 0 Å². The highest BCUT2D eigenvalue weighted by Gasteiger charge is 2.39. The Morgan fingerprint density at radius 2 is 1.72 bits per heavy atom. The molecule has 0 unspecified atom stereocenters. The highest BCUT2D eigenvalue weighted by molar-refractivity contribution is 7.89. The van der Waals surface area contributed by atoms with E-state index in [1.165, 1.54) is 0 Å². The van der Waals surface area contributed by atoms with Crippen molar-refractivity contribution in [1.82, 2.24) is 4.31 Å². The molecule has 25 heavy (non-hydrogen) atoms. The van der Waals surface area contributed by atoms with Gasteiger partial charge in [0.2, 0.25) is 10.0 Å². The number of sulfonamides is 1. The minimum absolute atomic E-state index is 0.0630. The minimum atomic E-state index is -4.11. The Labute approximate surface area is 143 Å². The number of nitro groups is 1. The van der Waals surface area contributed by atoms with Gasteiger partial charge in [0, 0.05) is 25.1 Å². The van der Waals surface area contributed by atoms with Crippen molar-refractivity contribution in [2.24, 2.45) is 0 Å². The summed E-state index contributed by atoms with van der Waals surface area (Å²) in [7, 11) is -4.11. The molecule has 0 spiro atoms. The van der Waals surface area contributed by atoms with Crippen LogP contribution in [-0.4, -0.2) is 34.8 Å². The minimum Gasteiger partial charge on any atom is -0.480 e. The van der Waals surface area contributed by atoms with Gasteiger partial charge < -0.3 is 5.11 Å². The lowest BCUT2D eigenvalue weighted by Gasteiger charge is -2.33. The molecule has 2 aromatic rings. The summed E-state index contributed by atoms with van der Waals surface area (Å²) in [5.41, 5.74) is 1.30. The Kier molecular flexibility index (Phi) is 4.27. The fraction of sp³-hybridized carbons (Fsp3) is 0.188. The first-order chi connectivity index (χ1) is 11.8. The van der Waals surface area contributed by atoms with Crippen LogP contribution in [0.2, 0.25) is 0 Å². The fourth-order valence-corrected chi connectivity index (χ4v) is 4.40. The molecule has 0 fully saturated rings. The molecule has 0 aliphatic carbocycles. The van der Waals surface area contributed by atoms with Gasteiger partial charge in [-0.3, -0.25) is 14.9 Å². The lowest BCUT2D eigenvalue weighted by Crippen LogP contribution is -2.48. The zero-order valence-electron chi connectivity index (χ0n) is 12.9. The molecule has 1 aliphatic heterocycles. The molecule has 0 amide bonds. The van der Waals surface area contributed by atoms with Gasteiger partial charge in [-0.05, 0) is 23.3 Å². The highest BCUT2D eigenvalue weighted by Crippen LogP contribution is 2.29. The summed E-state index contributed by atoms with van der Waals surface area (Å²) in [5, 5.41) is 20.2. The molecule has 0 saturated heterocycles. The molecule has 2 aromatic carbocycles. The number of hydrogen-bond acceptors (Lipinski definition) is 5. The number of aliphatic carboxylic acids is 1. The molecule has 0 bridgehead atoms. The first-order valence-electron chi connectivity index (χ1n) is 7.36. The van der Waals surface area contributed by atoms with Crippen molar-refractivity contribution in [3.63, 3.8) is 0 Å². The zero-order chi connectivity index (χ0) is 18.2. The normalized spacial score (nSPS) is 17.7. The predicted octanol–water partition coefficient (Wildman–Crippen LogP) is 1.79. The quantitative estimate of drug-likeness (QED) is 0.654. The third-order valence-electron chi connectivity index (χ3n) is 4.14. The van der Waals surface area contributed by atoms with Gasteiger partial charge in [-0.2, -0.15) is 4.31 Å². The second-order valence-corrected chi connectivity index (χ2v) is 7.52. The van der Waals surface area contributed by atoms with Crippen molar-refractivity contribution >= 4 is 21.7 Å². The van der Waals surface area contributed by atoms with Gasteiger partial charge in [0.15, 0.2) is 0 Å². The number of carbonyl (C=O) groups is 1. The number of rotatable bonds is 4. The Balaban J connectivity index is 2.02. The van der Waals surface area contributed by atoms with Gasteiger partial charge in [0.1, 0.15) is 6.04 Å². The maximum atomic E-state index is 12.9. The predicted molar refractivity (Wildman–Crippen MR) is 87.4 cm³/mol.